The number of hydrogen-bond acceptors (Lipinski definition) is 25. The highest BCUT2D eigenvalue weighted by Gasteiger charge is 2.34. The minimum absolute atomic E-state index is 0.00514. The predicted octanol–water partition coefficient (Wildman–Crippen LogP) is 22.0. The van der Waals surface area contributed by atoms with Gasteiger partial charge in [-0.3, -0.25) is 19.2 Å². The van der Waals surface area contributed by atoms with Gasteiger partial charge in [-0.2, -0.15) is 0 Å². The monoisotopic (exact) mass is 1960 g/mol. The van der Waals surface area contributed by atoms with E-state index < -0.39 is 29.1 Å². The van der Waals surface area contributed by atoms with E-state index in [9.17, 15) is 23.6 Å². The lowest BCUT2D eigenvalue weighted by Gasteiger charge is -2.32. The van der Waals surface area contributed by atoms with E-state index in [2.05, 4.69) is 87.8 Å². The highest BCUT2D eigenvalue weighted by atomic mass is 35.5. The first-order valence-corrected chi connectivity index (χ1v) is 42.6. The number of anilines is 5. The molecule has 1 amide bonds. The van der Waals surface area contributed by atoms with Crippen LogP contribution in [0, 0.1) is 17.7 Å². The van der Waals surface area contributed by atoms with E-state index in [0.29, 0.717) is 90.7 Å². The number of methoxy groups -OCH3 is 8. The number of benzene rings is 5. The third-order valence-corrected chi connectivity index (χ3v) is 23.2. The van der Waals surface area contributed by atoms with E-state index in [1.54, 1.807) is 18.2 Å². The van der Waals surface area contributed by atoms with Gasteiger partial charge in [0.15, 0.2) is 17.3 Å². The first kappa shape index (κ1) is 103. The smallest absolute Gasteiger partial charge is 0.243 e. The van der Waals surface area contributed by atoms with Crippen molar-refractivity contribution in [1.82, 2.24) is 40.2 Å². The van der Waals surface area contributed by atoms with Crippen molar-refractivity contribution >= 4 is 193 Å². The number of nitrogens with zero attached hydrogens (tertiary/aromatic N) is 7. The van der Waals surface area contributed by atoms with Gasteiger partial charge in [-0.25, -0.2) is 56.8 Å². The van der Waals surface area contributed by atoms with E-state index in [0.717, 1.165) is 25.7 Å². The lowest BCUT2D eigenvalue weighted by Crippen LogP contribution is -2.48. The summed E-state index contributed by atoms with van der Waals surface area (Å²) in [6.45, 7) is 15.7. The van der Waals surface area contributed by atoms with Gasteiger partial charge in [-0.1, -0.05) is 144 Å². The first-order valence-electron chi connectivity index (χ1n) is 39.6. The predicted molar refractivity (Wildman–Crippen MR) is 504 cm³/mol. The Bertz CT molecular complexity index is 5480. The van der Waals surface area contributed by atoms with Gasteiger partial charge in [-0.15, -0.1) is 0 Å². The lowest BCUT2D eigenvalue weighted by molar-refractivity contribution is -0.117. The maximum Gasteiger partial charge on any atom is 0.243 e. The van der Waals surface area contributed by atoms with Crippen molar-refractivity contribution in [2.45, 2.75) is 69.1 Å². The molecule has 0 bridgehead atoms. The van der Waals surface area contributed by atoms with Gasteiger partial charge < -0.3 is 74.0 Å². The average Bonchev–Trinajstić information content (AvgIpc) is 1.77. The van der Waals surface area contributed by atoms with Gasteiger partial charge in [0.1, 0.15) is 80.9 Å². The molecule has 1 aliphatic carbocycles. The number of amides is 1. The molecule has 692 valence electrons. The molecule has 0 unspecified atom stereocenters. The number of pyridine rings is 1. The lowest BCUT2D eigenvalue weighted by atomic mass is 9.90. The Labute approximate surface area is 792 Å². The molecule has 3 fully saturated rings. The minimum Gasteiger partial charge on any atom is -0.495 e. The molecule has 0 radical (unpaired) electrons. The number of aromatic nitrogens is 7. The highest BCUT2D eigenvalue weighted by molar-refractivity contribution is 6.42. The molecule has 4 aromatic heterocycles. The summed E-state index contributed by atoms with van der Waals surface area (Å²) in [4.78, 5) is 76.4. The third-order valence-electron chi connectivity index (χ3n) is 20.2. The number of hydrogen-bond donors (Lipinski definition) is 5. The molecular formula is C92H89Cl8F5N12O14. The molecular weight excluding hydrogens is 1880 g/mol. The van der Waals surface area contributed by atoms with Gasteiger partial charge in [0, 0.05) is 128 Å². The summed E-state index contributed by atoms with van der Waals surface area (Å²) in [5.74, 6) is -0.765. The first-order chi connectivity index (χ1) is 62.9. The molecule has 9 aromatic rings. The van der Waals surface area contributed by atoms with E-state index in [-0.39, 0.29) is 180 Å². The number of halogens is 13. The Morgan fingerprint density at radius 2 is 0.718 bits per heavy atom. The number of ketones is 3. The van der Waals surface area contributed by atoms with Crippen LogP contribution in [0.1, 0.15) is 88.6 Å². The van der Waals surface area contributed by atoms with Crippen LogP contribution in [0.3, 0.4) is 0 Å². The Balaban J connectivity index is 0.000000197. The molecule has 6 heterocycles. The van der Waals surface area contributed by atoms with Gasteiger partial charge >= 0.3 is 0 Å². The second kappa shape index (κ2) is 50.1. The van der Waals surface area contributed by atoms with Crippen LogP contribution in [0.4, 0.5) is 51.3 Å². The second-order valence-electron chi connectivity index (χ2n) is 28.5. The van der Waals surface area contributed by atoms with Crippen LogP contribution >= 0.6 is 92.8 Å². The van der Waals surface area contributed by atoms with E-state index in [1.165, 1.54) is 185 Å². The van der Waals surface area contributed by atoms with Crippen molar-refractivity contribution in [3.05, 3.63) is 245 Å². The summed E-state index contributed by atoms with van der Waals surface area (Å²) in [5.41, 5.74) is 1.95. The molecule has 5 aromatic carbocycles. The van der Waals surface area contributed by atoms with Crippen LogP contribution in [0.2, 0.25) is 40.2 Å². The Morgan fingerprint density at radius 1 is 0.405 bits per heavy atom. The molecule has 3 aliphatic rings. The van der Waals surface area contributed by atoms with Crippen LogP contribution in [0.5, 0.6) is 46.0 Å². The maximum absolute atomic E-state index is 15.1. The highest BCUT2D eigenvalue weighted by Crippen LogP contribution is 2.49. The number of ether oxygens (including phenoxy) is 10. The third kappa shape index (κ3) is 27.5. The van der Waals surface area contributed by atoms with Crippen molar-refractivity contribution in [2.75, 3.05) is 105 Å². The fourth-order valence-electron chi connectivity index (χ4n) is 13.3. The van der Waals surface area contributed by atoms with Gasteiger partial charge in [0.25, 0.3) is 0 Å². The molecule has 2 aliphatic heterocycles. The van der Waals surface area contributed by atoms with E-state index >= 15 is 17.6 Å². The molecule has 2 saturated heterocycles. The average molecular weight is 1970 g/mol. The number of carbonyl (C=O) groups is 4. The summed E-state index contributed by atoms with van der Waals surface area (Å²) in [6.07, 6.45) is 24.5. The Hall–Kier alpha value is -11.6. The van der Waals surface area contributed by atoms with Crippen LogP contribution in [0.25, 0.3) is 47.6 Å². The van der Waals surface area contributed by atoms with Crippen LogP contribution in [-0.4, -0.2) is 166 Å². The van der Waals surface area contributed by atoms with Crippen molar-refractivity contribution in [2.24, 2.45) is 11.8 Å². The zero-order chi connectivity index (χ0) is 95.3. The molecule has 26 nitrogen and oxygen atoms in total. The number of para-hydroxylation sites is 1. The number of allylic oxidation sites excluding steroid dienone is 3. The van der Waals surface area contributed by atoms with Gasteiger partial charge in [0.2, 0.25) is 23.8 Å². The molecule has 131 heavy (non-hydrogen) atoms. The fraction of sp³-hybridized carbons (Fsp3) is 0.272. The summed E-state index contributed by atoms with van der Waals surface area (Å²) >= 11 is 50.1. The van der Waals surface area contributed by atoms with Crippen molar-refractivity contribution in [3.8, 4) is 46.0 Å². The van der Waals surface area contributed by atoms with Crippen LogP contribution in [-0.2, 0) is 35.1 Å². The summed E-state index contributed by atoms with van der Waals surface area (Å²) in [7, 11) is 11.3. The molecule has 6 atom stereocenters. The van der Waals surface area contributed by atoms with Crippen LogP contribution in [0.15, 0.2) is 149 Å². The molecule has 5 N–H and O–H groups in total. The topological polar surface area (TPSA) is 311 Å². The quantitative estimate of drug-likeness (QED) is 0.0182. The van der Waals surface area contributed by atoms with Crippen molar-refractivity contribution in [3.63, 3.8) is 0 Å². The van der Waals surface area contributed by atoms with Crippen molar-refractivity contribution in [1.29, 1.82) is 0 Å². The summed E-state index contributed by atoms with van der Waals surface area (Å²) < 4.78 is 127. The minimum atomic E-state index is -0.728. The normalized spacial score (nSPS) is 16.5. The number of carbonyl (C=O) groups excluding carboxylic acids is 4. The maximum atomic E-state index is 15.1. The standard InChI is InChI=1S/C25H20Cl2F2N2O3.C23H25Cl2FN4O3.2C22H22Cl2FN3O4/c1-4-16(32)11-15-6-5-7-17(28)25(15)31-21-9-8-14(13-30-21)10-18(29)22-23(26)19(33-2)12-20(34-3)24(22)27;1-4-19(31)29-15-7-5-6-8-16(15)30-23-27-11-13(12-28-23)9-14(26)20-21(24)17(32-2)10-18(33-3)22(20)25;2*1-4-14(29)6-13-10-32-11-16(13)28-22-26-8-12(9-27-22)5-15(25)19-20(23)17(30-2)7-18(31-3)21(19)24/h4-10,12-13H,1,11H2,2-3H3,(H,30,31);4,9-12,15-16H,1,5-8H2,2-3H3,(H,29,31)(H,27,28,30);2*4-5,7-9,13,16H,1,6,10-11H2,2-3H3,(H,26,27,28)/b18-10-;14-9-;2*15-5-/t;15-,16+;2*13-,16+/m.010/s1. The van der Waals surface area contributed by atoms with Crippen LogP contribution < -0.4 is 64.5 Å². The second-order valence-corrected chi connectivity index (χ2v) is 31.6. The fourth-order valence-corrected chi connectivity index (χ4v) is 16.1. The molecule has 0 spiro atoms. The Kier molecular flexibility index (Phi) is 39.5. The van der Waals surface area contributed by atoms with Crippen molar-refractivity contribution < 1.29 is 88.5 Å². The summed E-state index contributed by atoms with van der Waals surface area (Å²) in [6, 6.07) is 13.2. The number of nitrogens with one attached hydrogen (secondary N) is 5. The van der Waals surface area contributed by atoms with Gasteiger partial charge in [0.05, 0.1) is 164 Å². The van der Waals surface area contributed by atoms with E-state index in [1.807, 2.05) is 0 Å². The molecule has 12 rings (SSSR count). The molecule has 1 saturated carbocycles. The SMILES string of the molecule is C=CC(=O)C[C@@H]1COC[C@@H]1Nc1ncc(/C=C(\F)c2c(Cl)c(OC)cc(OC)c2Cl)cn1.C=CC(=O)C[C@H]1COC[C@H]1Nc1ncc(/C=C(\F)c2c(Cl)c(OC)cc(OC)c2Cl)cn1.C=CC(=O)Cc1cccc(F)c1Nc1ccc(/C=C(\F)c2c(Cl)c(OC)cc(OC)c2Cl)cn1.C=CC(=O)N[C@H]1CCCC[C@H]1Nc1ncc(/C=C(\F)c2c(Cl)c(OC)cc(OC)c2Cl)cn1. The largest absolute Gasteiger partial charge is 0.495 e. The molecule has 39 heteroatoms. The Morgan fingerprint density at radius 3 is 1.02 bits per heavy atom. The number of rotatable bonds is 35. The van der Waals surface area contributed by atoms with E-state index in [4.69, 9.17) is 140 Å². The zero-order valence-electron chi connectivity index (χ0n) is 71.7. The zero-order valence-corrected chi connectivity index (χ0v) is 77.7. The summed E-state index contributed by atoms with van der Waals surface area (Å²) in [5, 5.41) is 15.5. The van der Waals surface area contributed by atoms with Gasteiger partial charge in [-0.05, 0) is 90.8 Å².